The number of anilines is 2. The number of halogens is 5. The molecular formula is C25H25F5N4O4S. The fraction of sp³-hybridized carbons (Fsp3) is 0.480. The van der Waals surface area contributed by atoms with Crippen LogP contribution in [0.5, 0.6) is 0 Å². The third kappa shape index (κ3) is 5.76. The van der Waals surface area contributed by atoms with E-state index in [2.05, 4.69) is 15.3 Å². The van der Waals surface area contributed by atoms with Crippen molar-refractivity contribution in [3.05, 3.63) is 41.3 Å². The van der Waals surface area contributed by atoms with Crippen molar-refractivity contribution in [1.82, 2.24) is 14.5 Å². The van der Waals surface area contributed by atoms with Gasteiger partial charge in [0, 0.05) is 25.2 Å². The van der Waals surface area contributed by atoms with Crippen LogP contribution in [0.1, 0.15) is 61.8 Å². The minimum atomic E-state index is -4.79. The number of imidazole rings is 1. The molecule has 0 bridgehead atoms. The second-order valence-electron chi connectivity index (χ2n) is 9.82. The Morgan fingerprint density at radius 2 is 1.87 bits per heavy atom. The van der Waals surface area contributed by atoms with Gasteiger partial charge < -0.3 is 10.1 Å². The molecule has 0 amide bonds. The van der Waals surface area contributed by atoms with Crippen molar-refractivity contribution in [3.63, 3.8) is 0 Å². The van der Waals surface area contributed by atoms with Gasteiger partial charge in [0.1, 0.15) is 17.5 Å². The zero-order chi connectivity index (χ0) is 28.1. The van der Waals surface area contributed by atoms with E-state index < -0.39 is 45.0 Å². The molecule has 0 radical (unpaired) electrons. The van der Waals surface area contributed by atoms with E-state index in [0.29, 0.717) is 25.2 Å². The average Bonchev–Trinajstić information content (AvgIpc) is 3.64. The van der Waals surface area contributed by atoms with Gasteiger partial charge in [-0.1, -0.05) is 0 Å². The van der Waals surface area contributed by atoms with Crippen LogP contribution in [-0.4, -0.2) is 41.6 Å². The highest BCUT2D eigenvalue weighted by molar-refractivity contribution is 7.90. The quantitative estimate of drug-likeness (QED) is 0.343. The molecule has 210 valence electrons. The number of nitrogens with zero attached hydrogens (tertiary/aromatic N) is 3. The number of hydrogen-bond acceptors (Lipinski definition) is 7. The highest BCUT2D eigenvalue weighted by Crippen LogP contribution is 2.39. The van der Waals surface area contributed by atoms with Gasteiger partial charge in [-0.15, -0.1) is 0 Å². The molecule has 2 aliphatic rings. The number of benzene rings is 1. The van der Waals surface area contributed by atoms with E-state index in [1.54, 1.807) is 0 Å². The molecule has 8 nitrogen and oxygen atoms in total. The number of alkyl halides is 5. The Kier molecular flexibility index (Phi) is 7.12. The van der Waals surface area contributed by atoms with Gasteiger partial charge in [-0.05, 0) is 56.4 Å². The van der Waals surface area contributed by atoms with Crippen LogP contribution in [0, 0.1) is 5.92 Å². The molecule has 1 aromatic carbocycles. The minimum Gasteiger partial charge on any atom is -0.358 e. The van der Waals surface area contributed by atoms with Gasteiger partial charge in [0.15, 0.2) is 21.3 Å². The summed E-state index contributed by atoms with van der Waals surface area (Å²) in [4.78, 5) is 20.5. The van der Waals surface area contributed by atoms with Crippen molar-refractivity contribution in [2.24, 2.45) is 5.92 Å². The number of sulfone groups is 1. The maximum Gasteiger partial charge on any atom is 0.416 e. The van der Waals surface area contributed by atoms with E-state index in [4.69, 9.17) is 4.74 Å². The average molecular weight is 573 g/mol. The summed E-state index contributed by atoms with van der Waals surface area (Å²) < 4.78 is 100. The van der Waals surface area contributed by atoms with Gasteiger partial charge in [0.25, 0.3) is 6.43 Å². The van der Waals surface area contributed by atoms with Crippen molar-refractivity contribution in [1.29, 1.82) is 0 Å². The Bertz CT molecular complexity index is 1530. The van der Waals surface area contributed by atoms with E-state index in [1.807, 2.05) is 0 Å². The standard InChI is InChI=1S/C25H25F5N4O4S/c1-39(36,37)19-10-14(25(28,29)30)7-8-16(19)32-17-11-15(12-18(35)13-5-6-13)31-23-21(17)33-24(22(26)27)34(23)20-4-2-3-9-38-20/h7-8,10-11,13,20,22H,2-6,9,12H2,1H3,(H,31,32). The molecule has 5 rings (SSSR count). The smallest absolute Gasteiger partial charge is 0.358 e. The van der Waals surface area contributed by atoms with Crippen LogP contribution < -0.4 is 5.32 Å². The first-order chi connectivity index (χ1) is 18.3. The highest BCUT2D eigenvalue weighted by Gasteiger charge is 2.34. The van der Waals surface area contributed by atoms with Crippen LogP contribution in [0.4, 0.5) is 33.3 Å². The molecule has 3 aromatic rings. The Balaban J connectivity index is 1.68. The van der Waals surface area contributed by atoms with E-state index in [-0.39, 0.29) is 46.4 Å². The summed E-state index contributed by atoms with van der Waals surface area (Å²) in [5.74, 6) is -0.795. The molecule has 0 spiro atoms. The summed E-state index contributed by atoms with van der Waals surface area (Å²) in [6.07, 6.45) is -4.50. The monoisotopic (exact) mass is 572 g/mol. The largest absolute Gasteiger partial charge is 0.416 e. The number of ketones is 1. The lowest BCUT2D eigenvalue weighted by Crippen LogP contribution is -2.21. The number of rotatable bonds is 8. The summed E-state index contributed by atoms with van der Waals surface area (Å²) in [5.41, 5.74) is -1.16. The minimum absolute atomic E-state index is 0.00798. The molecule has 1 atom stereocenters. The second-order valence-corrected chi connectivity index (χ2v) is 11.8. The molecule has 1 unspecified atom stereocenters. The molecule has 14 heteroatoms. The predicted octanol–water partition coefficient (Wildman–Crippen LogP) is 5.76. The normalized spacial score (nSPS) is 18.6. The first-order valence-corrected chi connectivity index (χ1v) is 14.2. The fourth-order valence-electron chi connectivity index (χ4n) is 4.66. The lowest BCUT2D eigenvalue weighted by molar-refractivity contribution is -0.137. The number of pyridine rings is 1. The third-order valence-electron chi connectivity index (χ3n) is 6.73. The van der Waals surface area contributed by atoms with Gasteiger partial charge in [0.2, 0.25) is 0 Å². The first kappa shape index (κ1) is 27.4. The van der Waals surface area contributed by atoms with Crippen LogP contribution in [0.15, 0.2) is 29.2 Å². The Morgan fingerprint density at radius 3 is 2.46 bits per heavy atom. The van der Waals surface area contributed by atoms with Crippen molar-refractivity contribution in [3.8, 4) is 0 Å². The zero-order valence-electron chi connectivity index (χ0n) is 20.8. The van der Waals surface area contributed by atoms with Gasteiger partial charge in [-0.3, -0.25) is 9.36 Å². The molecule has 1 saturated heterocycles. The summed E-state index contributed by atoms with van der Waals surface area (Å²) in [6.45, 7) is 0.348. The maximum absolute atomic E-state index is 14.2. The van der Waals surface area contributed by atoms with E-state index >= 15 is 0 Å². The van der Waals surface area contributed by atoms with Crippen LogP contribution in [0.2, 0.25) is 0 Å². The summed E-state index contributed by atoms with van der Waals surface area (Å²) in [6, 6.07) is 3.56. The number of nitrogens with one attached hydrogen (secondary N) is 1. The maximum atomic E-state index is 14.2. The van der Waals surface area contributed by atoms with Crippen molar-refractivity contribution in [2.45, 2.75) is 62.3 Å². The Labute approximate surface area is 220 Å². The first-order valence-electron chi connectivity index (χ1n) is 12.4. The molecule has 2 fully saturated rings. The van der Waals surface area contributed by atoms with Crippen LogP contribution >= 0.6 is 0 Å². The molecular weight excluding hydrogens is 547 g/mol. The van der Waals surface area contributed by atoms with Gasteiger partial charge in [-0.2, -0.15) is 13.2 Å². The van der Waals surface area contributed by atoms with Gasteiger partial charge in [0.05, 0.1) is 27.5 Å². The number of aromatic nitrogens is 3. The molecule has 1 saturated carbocycles. The molecule has 1 aliphatic heterocycles. The van der Waals surface area contributed by atoms with Crippen molar-refractivity contribution in [2.75, 3.05) is 18.2 Å². The molecule has 1 N–H and O–H groups in total. The summed E-state index contributed by atoms with van der Waals surface area (Å²) in [7, 11) is -4.15. The molecule has 39 heavy (non-hydrogen) atoms. The number of carbonyl (C=O) groups is 1. The van der Waals surface area contributed by atoms with Gasteiger partial charge in [-0.25, -0.2) is 27.2 Å². The van der Waals surface area contributed by atoms with Crippen LogP contribution in [0.3, 0.4) is 0 Å². The Hall–Kier alpha value is -3.13. The lowest BCUT2D eigenvalue weighted by Gasteiger charge is -2.25. The summed E-state index contributed by atoms with van der Waals surface area (Å²) >= 11 is 0. The number of hydrogen-bond donors (Lipinski definition) is 1. The van der Waals surface area contributed by atoms with Crippen molar-refractivity contribution >= 4 is 38.2 Å². The van der Waals surface area contributed by atoms with Crippen LogP contribution in [-0.2, 0) is 32.0 Å². The topological polar surface area (TPSA) is 103 Å². The second kappa shape index (κ2) is 10.1. The lowest BCUT2D eigenvalue weighted by atomic mass is 10.1. The summed E-state index contributed by atoms with van der Waals surface area (Å²) in [5, 5.41) is 2.78. The number of fused-ring (bicyclic) bond motifs is 1. The van der Waals surface area contributed by atoms with Crippen molar-refractivity contribution < 1.29 is 39.9 Å². The molecule has 3 heterocycles. The zero-order valence-corrected chi connectivity index (χ0v) is 21.6. The van der Waals surface area contributed by atoms with Gasteiger partial charge >= 0.3 is 6.18 Å². The van der Waals surface area contributed by atoms with E-state index in [1.165, 1.54) is 10.6 Å². The highest BCUT2D eigenvalue weighted by atomic mass is 32.2. The predicted molar refractivity (Wildman–Crippen MR) is 131 cm³/mol. The number of ether oxygens (including phenoxy) is 1. The number of carbonyl (C=O) groups excluding carboxylic acids is 1. The SMILES string of the molecule is CS(=O)(=O)c1cc(C(F)(F)F)ccc1Nc1cc(CC(=O)C2CC2)nc2c1nc(C(F)F)n2C1CCCCO1. The van der Waals surface area contributed by atoms with E-state index in [9.17, 15) is 35.2 Å². The third-order valence-corrected chi connectivity index (χ3v) is 7.87. The number of Topliss-reactive ketones (excluding diaryl/α,β-unsaturated/α-hetero) is 1. The Morgan fingerprint density at radius 1 is 1.13 bits per heavy atom. The van der Waals surface area contributed by atoms with Crippen LogP contribution in [0.25, 0.3) is 11.2 Å². The molecule has 2 aromatic heterocycles. The van der Waals surface area contributed by atoms with E-state index in [0.717, 1.165) is 38.0 Å². The fourth-order valence-corrected chi connectivity index (χ4v) is 5.52. The molecule has 1 aliphatic carbocycles.